The summed E-state index contributed by atoms with van der Waals surface area (Å²) in [6.07, 6.45) is 3.60. The number of nitrogens with one attached hydrogen (secondary N) is 1. The molecule has 0 atom stereocenters. The van der Waals surface area contributed by atoms with Gasteiger partial charge < -0.3 is 15.8 Å². The lowest BCUT2D eigenvalue weighted by molar-refractivity contribution is 0.199. The van der Waals surface area contributed by atoms with Gasteiger partial charge in [0, 0.05) is 13.7 Å². The van der Waals surface area contributed by atoms with Gasteiger partial charge in [-0.3, -0.25) is 0 Å². The number of hydrogen-bond acceptors (Lipinski definition) is 3. The Hall–Kier alpha value is -0.120. The van der Waals surface area contributed by atoms with Crippen LogP contribution in [0.2, 0.25) is 0 Å². The summed E-state index contributed by atoms with van der Waals surface area (Å²) < 4.78 is 4.89. The lowest BCUT2D eigenvalue weighted by atomic mass is 10.2. The molecule has 0 saturated carbocycles. The largest absolute Gasteiger partial charge is 0.383 e. The minimum Gasteiger partial charge on any atom is -0.383 e. The van der Waals surface area contributed by atoms with Crippen LogP contribution in [0.15, 0.2) is 0 Å². The maximum Gasteiger partial charge on any atom is 0.0587 e. The fraction of sp³-hybridized carbons (Fsp3) is 1.00. The van der Waals surface area contributed by atoms with Gasteiger partial charge in [-0.2, -0.15) is 0 Å². The van der Waals surface area contributed by atoms with Crippen LogP contribution in [-0.4, -0.2) is 33.4 Å². The number of methoxy groups -OCH3 is 1. The van der Waals surface area contributed by atoms with Crippen molar-refractivity contribution in [2.45, 2.75) is 19.3 Å². The summed E-state index contributed by atoms with van der Waals surface area (Å²) in [7, 11) is 1.72. The number of ether oxygens (including phenoxy) is 1. The first-order chi connectivity index (χ1) is 5.41. The topological polar surface area (TPSA) is 47.3 Å². The van der Waals surface area contributed by atoms with Crippen LogP contribution < -0.4 is 11.1 Å². The molecule has 0 aromatic heterocycles. The maximum absolute atomic E-state index is 5.35. The zero-order valence-electron chi connectivity index (χ0n) is 7.44. The second-order valence-electron chi connectivity index (χ2n) is 2.59. The molecule has 0 aromatic carbocycles. The van der Waals surface area contributed by atoms with Crippen molar-refractivity contribution in [1.29, 1.82) is 0 Å². The Morgan fingerprint density at radius 3 is 2.64 bits per heavy atom. The summed E-state index contributed by atoms with van der Waals surface area (Å²) in [5.41, 5.74) is 5.35. The van der Waals surface area contributed by atoms with Crippen LogP contribution in [0.5, 0.6) is 0 Å². The third-order valence-corrected chi connectivity index (χ3v) is 1.54. The molecular weight excluding hydrogens is 140 g/mol. The molecule has 0 rings (SSSR count). The number of unbranched alkanes of at least 4 members (excludes halogenated alkanes) is 2. The van der Waals surface area contributed by atoms with E-state index in [1.807, 2.05) is 0 Å². The predicted octanol–water partition coefficient (Wildman–Crippen LogP) is 0.351. The molecule has 0 fully saturated rings. The Kier molecular flexibility index (Phi) is 9.77. The quantitative estimate of drug-likeness (QED) is 0.504. The van der Waals surface area contributed by atoms with Gasteiger partial charge in [-0.25, -0.2) is 0 Å². The molecule has 0 aliphatic carbocycles. The average molecular weight is 160 g/mol. The van der Waals surface area contributed by atoms with E-state index in [2.05, 4.69) is 5.32 Å². The molecule has 0 aromatic rings. The monoisotopic (exact) mass is 160 g/mol. The molecule has 0 bridgehead atoms. The first-order valence-electron chi connectivity index (χ1n) is 4.31. The van der Waals surface area contributed by atoms with Crippen LogP contribution in [0.3, 0.4) is 0 Å². The van der Waals surface area contributed by atoms with E-state index in [0.29, 0.717) is 0 Å². The first-order valence-corrected chi connectivity index (χ1v) is 4.31. The molecule has 68 valence electrons. The first kappa shape index (κ1) is 10.9. The van der Waals surface area contributed by atoms with Gasteiger partial charge in [0.15, 0.2) is 0 Å². The van der Waals surface area contributed by atoms with E-state index in [-0.39, 0.29) is 0 Å². The van der Waals surface area contributed by atoms with E-state index in [0.717, 1.165) is 32.7 Å². The Bertz CT molecular complexity index is 61.1. The lowest BCUT2D eigenvalue weighted by Crippen LogP contribution is -2.20. The highest BCUT2D eigenvalue weighted by molar-refractivity contribution is 4.48. The summed E-state index contributed by atoms with van der Waals surface area (Å²) in [6, 6.07) is 0. The number of hydrogen-bond donors (Lipinski definition) is 2. The van der Waals surface area contributed by atoms with Gasteiger partial charge in [-0.1, -0.05) is 6.42 Å². The smallest absolute Gasteiger partial charge is 0.0587 e. The van der Waals surface area contributed by atoms with Crippen molar-refractivity contribution in [3.63, 3.8) is 0 Å². The molecule has 3 nitrogen and oxygen atoms in total. The van der Waals surface area contributed by atoms with Crippen LogP contribution in [0.1, 0.15) is 19.3 Å². The SMILES string of the molecule is COCCNCCCCCN. The highest BCUT2D eigenvalue weighted by Gasteiger charge is 1.87. The van der Waals surface area contributed by atoms with E-state index in [1.54, 1.807) is 7.11 Å². The summed E-state index contributed by atoms with van der Waals surface area (Å²) >= 11 is 0. The third-order valence-electron chi connectivity index (χ3n) is 1.54. The normalized spacial score (nSPS) is 10.4. The second kappa shape index (κ2) is 9.88. The molecule has 3 heteroatoms. The zero-order valence-corrected chi connectivity index (χ0v) is 7.44. The van der Waals surface area contributed by atoms with Crippen LogP contribution in [-0.2, 0) is 4.74 Å². The minimum absolute atomic E-state index is 0.802. The molecule has 0 heterocycles. The Morgan fingerprint density at radius 2 is 2.00 bits per heavy atom. The van der Waals surface area contributed by atoms with E-state index < -0.39 is 0 Å². The molecular formula is C8H20N2O. The minimum atomic E-state index is 0.802. The van der Waals surface area contributed by atoms with Gasteiger partial charge in [0.25, 0.3) is 0 Å². The lowest BCUT2D eigenvalue weighted by Gasteiger charge is -2.02. The van der Waals surface area contributed by atoms with Crippen LogP contribution >= 0.6 is 0 Å². The Labute approximate surface area is 69.3 Å². The van der Waals surface area contributed by atoms with E-state index in [4.69, 9.17) is 10.5 Å². The van der Waals surface area contributed by atoms with Gasteiger partial charge >= 0.3 is 0 Å². The summed E-state index contributed by atoms with van der Waals surface area (Å²) in [5.74, 6) is 0. The van der Waals surface area contributed by atoms with Crippen LogP contribution in [0.25, 0.3) is 0 Å². The van der Waals surface area contributed by atoms with Crippen molar-refractivity contribution in [3.8, 4) is 0 Å². The molecule has 0 amide bonds. The van der Waals surface area contributed by atoms with Gasteiger partial charge in [0.2, 0.25) is 0 Å². The highest BCUT2D eigenvalue weighted by Crippen LogP contribution is 1.90. The summed E-state index contributed by atoms with van der Waals surface area (Å²) in [6.45, 7) is 3.66. The molecule has 3 N–H and O–H groups in total. The molecule has 0 aliphatic heterocycles. The summed E-state index contributed by atoms with van der Waals surface area (Å²) in [5, 5.41) is 3.28. The fourth-order valence-electron chi connectivity index (χ4n) is 0.870. The van der Waals surface area contributed by atoms with Gasteiger partial charge in [-0.05, 0) is 25.9 Å². The molecule has 0 saturated heterocycles. The van der Waals surface area contributed by atoms with Crippen molar-refractivity contribution in [3.05, 3.63) is 0 Å². The predicted molar refractivity (Wildman–Crippen MR) is 47.7 cm³/mol. The summed E-state index contributed by atoms with van der Waals surface area (Å²) in [4.78, 5) is 0. The van der Waals surface area contributed by atoms with Crippen molar-refractivity contribution >= 4 is 0 Å². The van der Waals surface area contributed by atoms with Gasteiger partial charge in [0.1, 0.15) is 0 Å². The third kappa shape index (κ3) is 9.88. The molecule has 0 aliphatic rings. The van der Waals surface area contributed by atoms with E-state index in [9.17, 15) is 0 Å². The maximum atomic E-state index is 5.35. The second-order valence-corrected chi connectivity index (χ2v) is 2.59. The molecule has 0 spiro atoms. The molecule has 0 unspecified atom stereocenters. The average Bonchev–Trinajstić information content (AvgIpc) is 2.03. The standard InChI is InChI=1S/C8H20N2O/c1-11-8-7-10-6-4-2-3-5-9/h10H,2-9H2,1H3. The fourth-order valence-corrected chi connectivity index (χ4v) is 0.870. The Morgan fingerprint density at radius 1 is 1.18 bits per heavy atom. The van der Waals surface area contributed by atoms with Crippen molar-refractivity contribution in [2.75, 3.05) is 33.4 Å². The van der Waals surface area contributed by atoms with Gasteiger partial charge in [0.05, 0.1) is 6.61 Å². The molecule has 0 radical (unpaired) electrons. The van der Waals surface area contributed by atoms with Crippen LogP contribution in [0.4, 0.5) is 0 Å². The van der Waals surface area contributed by atoms with Crippen molar-refractivity contribution in [2.24, 2.45) is 5.73 Å². The zero-order chi connectivity index (χ0) is 8.36. The van der Waals surface area contributed by atoms with Gasteiger partial charge in [-0.15, -0.1) is 0 Å². The van der Waals surface area contributed by atoms with Crippen molar-refractivity contribution in [1.82, 2.24) is 5.32 Å². The van der Waals surface area contributed by atoms with Crippen molar-refractivity contribution < 1.29 is 4.74 Å². The van der Waals surface area contributed by atoms with Crippen LogP contribution in [0, 0.1) is 0 Å². The molecule has 11 heavy (non-hydrogen) atoms. The number of rotatable bonds is 8. The number of nitrogens with two attached hydrogens (primary N) is 1. The Balaban J connectivity index is 2.69. The van der Waals surface area contributed by atoms with E-state index >= 15 is 0 Å². The van der Waals surface area contributed by atoms with E-state index in [1.165, 1.54) is 12.8 Å². The highest BCUT2D eigenvalue weighted by atomic mass is 16.5.